The Morgan fingerprint density at radius 1 is 1.30 bits per heavy atom. The van der Waals surface area contributed by atoms with Crippen molar-refractivity contribution in [3.8, 4) is 0 Å². The summed E-state index contributed by atoms with van der Waals surface area (Å²) in [4.78, 5) is 18.9. The molecule has 1 aliphatic rings. The van der Waals surface area contributed by atoms with Gasteiger partial charge in [0.2, 0.25) is 5.91 Å². The smallest absolute Gasteiger partial charge is 0.222 e. The summed E-state index contributed by atoms with van der Waals surface area (Å²) in [5.41, 5.74) is 0. The van der Waals surface area contributed by atoms with Gasteiger partial charge in [0.15, 0.2) is 0 Å². The third-order valence-corrected chi connectivity index (χ3v) is 4.62. The summed E-state index contributed by atoms with van der Waals surface area (Å²) in [6.45, 7) is 4.54. The van der Waals surface area contributed by atoms with Crippen LogP contribution >= 0.6 is 0 Å². The second kappa shape index (κ2) is 7.44. The highest BCUT2D eigenvalue weighted by Crippen LogP contribution is 2.20. The summed E-state index contributed by atoms with van der Waals surface area (Å²) in [5.74, 6) is 1.28. The molecule has 0 N–H and O–H groups in total. The molecule has 23 heavy (non-hydrogen) atoms. The zero-order valence-electron chi connectivity index (χ0n) is 13.8. The minimum atomic E-state index is 0.277. The minimum absolute atomic E-state index is 0.277. The van der Waals surface area contributed by atoms with Gasteiger partial charge < -0.3 is 9.47 Å². The number of imidazole rings is 1. The van der Waals surface area contributed by atoms with Crippen LogP contribution in [-0.4, -0.2) is 42.7 Å². The maximum Gasteiger partial charge on any atom is 0.222 e. The number of hydrogen-bond acceptors (Lipinski definition) is 3. The van der Waals surface area contributed by atoms with Crippen LogP contribution in [0.3, 0.4) is 0 Å². The number of piperidine rings is 1. The van der Waals surface area contributed by atoms with Crippen molar-refractivity contribution in [1.29, 1.82) is 0 Å². The maximum absolute atomic E-state index is 12.6. The van der Waals surface area contributed by atoms with E-state index in [-0.39, 0.29) is 11.9 Å². The molecule has 1 aliphatic heterocycles. The van der Waals surface area contributed by atoms with Gasteiger partial charge in [-0.05, 0) is 38.7 Å². The van der Waals surface area contributed by atoms with Crippen LogP contribution in [0, 0.1) is 6.92 Å². The molecular formula is C17H25N5O. The van der Waals surface area contributed by atoms with Crippen molar-refractivity contribution in [3.63, 3.8) is 0 Å². The Morgan fingerprint density at radius 3 is 2.96 bits per heavy atom. The summed E-state index contributed by atoms with van der Waals surface area (Å²) >= 11 is 0. The number of nitrogens with zero attached hydrogens (tertiary/aromatic N) is 5. The normalized spacial score (nSPS) is 18.3. The number of likely N-dealkylation sites (tertiary alicyclic amines) is 1. The van der Waals surface area contributed by atoms with E-state index >= 15 is 0 Å². The summed E-state index contributed by atoms with van der Waals surface area (Å²) < 4.78 is 4.04. The molecule has 0 unspecified atom stereocenters. The number of amides is 1. The molecule has 1 fully saturated rings. The van der Waals surface area contributed by atoms with Crippen molar-refractivity contribution < 1.29 is 4.79 Å². The van der Waals surface area contributed by atoms with Gasteiger partial charge in [0, 0.05) is 44.3 Å². The second-order valence-corrected chi connectivity index (χ2v) is 6.24. The van der Waals surface area contributed by atoms with Crippen LogP contribution in [0.5, 0.6) is 0 Å². The Bertz CT molecular complexity index is 619. The largest absolute Gasteiger partial charge is 0.338 e. The van der Waals surface area contributed by atoms with Crippen LogP contribution in [0.4, 0.5) is 0 Å². The predicted molar refractivity (Wildman–Crippen MR) is 87.8 cm³/mol. The van der Waals surface area contributed by atoms with Crippen LogP contribution in [0.15, 0.2) is 30.9 Å². The molecule has 3 rings (SSSR count). The van der Waals surface area contributed by atoms with Crippen LogP contribution < -0.4 is 0 Å². The van der Waals surface area contributed by atoms with Crippen molar-refractivity contribution in [2.45, 2.75) is 58.2 Å². The molecule has 1 saturated heterocycles. The highest BCUT2D eigenvalue weighted by molar-refractivity contribution is 5.76. The fraction of sp³-hybridized carbons (Fsp3) is 0.588. The molecule has 0 aliphatic carbocycles. The number of carbonyl (C=O) groups is 1. The minimum Gasteiger partial charge on any atom is -0.338 e. The summed E-state index contributed by atoms with van der Waals surface area (Å²) in [6, 6.07) is 2.22. The van der Waals surface area contributed by atoms with Crippen molar-refractivity contribution in [2.24, 2.45) is 0 Å². The first-order chi connectivity index (χ1) is 11.2. The molecule has 124 valence electrons. The molecule has 0 bridgehead atoms. The first-order valence-electron chi connectivity index (χ1n) is 8.48. The van der Waals surface area contributed by atoms with E-state index in [0.29, 0.717) is 6.42 Å². The first-order valence-corrected chi connectivity index (χ1v) is 8.48. The van der Waals surface area contributed by atoms with Gasteiger partial charge >= 0.3 is 0 Å². The van der Waals surface area contributed by atoms with Gasteiger partial charge in [0.1, 0.15) is 5.82 Å². The van der Waals surface area contributed by atoms with Crippen molar-refractivity contribution in [3.05, 3.63) is 36.7 Å². The van der Waals surface area contributed by atoms with Gasteiger partial charge in [0.25, 0.3) is 0 Å². The van der Waals surface area contributed by atoms with Crippen LogP contribution in [0.2, 0.25) is 0 Å². The van der Waals surface area contributed by atoms with Crippen molar-refractivity contribution in [2.75, 3.05) is 6.54 Å². The Labute approximate surface area is 137 Å². The van der Waals surface area contributed by atoms with Gasteiger partial charge in [-0.15, -0.1) is 0 Å². The predicted octanol–water partition coefficient (Wildman–Crippen LogP) is 2.25. The van der Waals surface area contributed by atoms with E-state index in [2.05, 4.69) is 19.5 Å². The van der Waals surface area contributed by atoms with Gasteiger partial charge in [0.05, 0.1) is 12.6 Å². The third kappa shape index (κ3) is 4.00. The van der Waals surface area contributed by atoms with Crippen LogP contribution in [0.25, 0.3) is 0 Å². The lowest BCUT2D eigenvalue weighted by atomic mass is 10.0. The van der Waals surface area contributed by atoms with E-state index in [1.807, 2.05) is 36.3 Å². The fourth-order valence-corrected chi connectivity index (χ4v) is 3.33. The molecule has 6 nitrogen and oxygen atoms in total. The molecule has 1 atom stereocenters. The van der Waals surface area contributed by atoms with E-state index in [1.165, 1.54) is 6.42 Å². The highest BCUT2D eigenvalue weighted by Gasteiger charge is 2.26. The van der Waals surface area contributed by atoms with Crippen LogP contribution in [-0.2, 0) is 17.9 Å². The maximum atomic E-state index is 12.6. The molecule has 2 aromatic rings. The number of aryl methyl sites for hydroxylation is 2. The quantitative estimate of drug-likeness (QED) is 0.821. The zero-order valence-corrected chi connectivity index (χ0v) is 13.8. The summed E-state index contributed by atoms with van der Waals surface area (Å²) in [5, 5.41) is 4.28. The Morgan fingerprint density at radius 2 is 2.22 bits per heavy atom. The van der Waals surface area contributed by atoms with Gasteiger partial charge in [-0.1, -0.05) is 0 Å². The number of aromatic nitrogens is 4. The standard InChI is InChI=1S/C17H25N5O/c1-15-18-9-13-20(15)10-4-7-17(23)22-12-3-2-6-16(22)14-21-11-5-8-19-21/h5,8-9,11,13,16H,2-4,6-7,10,12,14H2,1H3/t16-/m1/s1. The van der Waals surface area contributed by atoms with E-state index in [9.17, 15) is 4.79 Å². The molecule has 6 heteroatoms. The van der Waals surface area contributed by atoms with E-state index in [4.69, 9.17) is 0 Å². The lowest BCUT2D eigenvalue weighted by molar-refractivity contribution is -0.135. The Hall–Kier alpha value is -2.11. The Balaban J connectivity index is 1.52. The first kappa shape index (κ1) is 15.8. The molecular weight excluding hydrogens is 290 g/mol. The van der Waals surface area contributed by atoms with Gasteiger partial charge in [-0.3, -0.25) is 9.48 Å². The summed E-state index contributed by atoms with van der Waals surface area (Å²) in [7, 11) is 0. The third-order valence-electron chi connectivity index (χ3n) is 4.62. The van der Waals surface area contributed by atoms with Crippen molar-refractivity contribution >= 4 is 5.91 Å². The van der Waals surface area contributed by atoms with E-state index in [1.54, 1.807) is 6.20 Å². The van der Waals surface area contributed by atoms with Crippen molar-refractivity contribution in [1.82, 2.24) is 24.2 Å². The lowest BCUT2D eigenvalue weighted by Crippen LogP contribution is -2.45. The SMILES string of the molecule is Cc1nccn1CCCC(=O)N1CCCC[C@@H]1Cn1cccn1. The highest BCUT2D eigenvalue weighted by atomic mass is 16.2. The lowest BCUT2D eigenvalue weighted by Gasteiger charge is -2.36. The average molecular weight is 315 g/mol. The van der Waals surface area contributed by atoms with Gasteiger partial charge in [-0.25, -0.2) is 4.98 Å². The topological polar surface area (TPSA) is 56.0 Å². The average Bonchev–Trinajstić information content (AvgIpc) is 3.20. The number of rotatable bonds is 6. The Kier molecular flexibility index (Phi) is 5.10. The molecule has 0 aromatic carbocycles. The number of hydrogen-bond donors (Lipinski definition) is 0. The second-order valence-electron chi connectivity index (χ2n) is 6.24. The number of carbonyl (C=O) groups excluding carboxylic acids is 1. The van der Waals surface area contributed by atoms with Gasteiger partial charge in [-0.2, -0.15) is 5.10 Å². The summed E-state index contributed by atoms with van der Waals surface area (Å²) in [6.07, 6.45) is 12.4. The van der Waals surface area contributed by atoms with E-state index < -0.39 is 0 Å². The molecule has 2 aromatic heterocycles. The molecule has 0 saturated carbocycles. The fourth-order valence-electron chi connectivity index (χ4n) is 3.33. The molecule has 3 heterocycles. The zero-order chi connectivity index (χ0) is 16.1. The molecule has 1 amide bonds. The molecule has 0 spiro atoms. The molecule has 0 radical (unpaired) electrons. The van der Waals surface area contributed by atoms with Crippen LogP contribution in [0.1, 0.15) is 37.9 Å². The van der Waals surface area contributed by atoms with E-state index in [0.717, 1.165) is 44.7 Å². The monoisotopic (exact) mass is 315 g/mol.